The van der Waals surface area contributed by atoms with Gasteiger partial charge in [-0.2, -0.15) is 13.2 Å². The quantitative estimate of drug-likeness (QED) is 0.372. The van der Waals surface area contributed by atoms with Crippen molar-refractivity contribution in [3.05, 3.63) is 54.1 Å². The van der Waals surface area contributed by atoms with Gasteiger partial charge in [0.25, 0.3) is 10.0 Å². The average Bonchev–Trinajstić information content (AvgIpc) is 2.84. The molecule has 4 N–H and O–H groups in total. The molecule has 1 saturated heterocycles. The zero-order valence-electron chi connectivity index (χ0n) is 21.1. The van der Waals surface area contributed by atoms with Crippen LogP contribution in [0.3, 0.4) is 0 Å². The molecule has 3 rings (SSSR count). The number of carboxylic acids is 2. The van der Waals surface area contributed by atoms with E-state index < -0.39 is 28.1 Å². The van der Waals surface area contributed by atoms with Gasteiger partial charge in [0.2, 0.25) is 5.91 Å². The minimum absolute atomic E-state index is 0.0106. The first kappa shape index (κ1) is 31.4. The molecule has 0 atom stereocenters. The maximum Gasteiger partial charge on any atom is 0.490 e. The summed E-state index contributed by atoms with van der Waals surface area (Å²) < 4.78 is 60.0. The summed E-state index contributed by atoms with van der Waals surface area (Å²) >= 11 is 0. The van der Waals surface area contributed by atoms with E-state index in [1.165, 1.54) is 24.3 Å². The predicted molar refractivity (Wildman–Crippen MR) is 136 cm³/mol. The molecule has 1 aliphatic rings. The van der Waals surface area contributed by atoms with Crippen molar-refractivity contribution in [2.45, 2.75) is 31.0 Å². The number of hydrogen-bond donors (Lipinski definition) is 4. The number of hydrogen-bond acceptors (Lipinski definition) is 7. The van der Waals surface area contributed by atoms with Crippen molar-refractivity contribution in [3.63, 3.8) is 0 Å². The molecule has 11 nitrogen and oxygen atoms in total. The molecular formula is C24H29F3N4O7S. The Balaban J connectivity index is 0.000000673. The highest BCUT2D eigenvalue weighted by atomic mass is 32.2. The minimum Gasteiger partial charge on any atom is -0.478 e. The lowest BCUT2D eigenvalue weighted by molar-refractivity contribution is -0.192. The monoisotopic (exact) mass is 574 g/mol. The van der Waals surface area contributed by atoms with Crippen LogP contribution in [-0.4, -0.2) is 86.3 Å². The smallest absolute Gasteiger partial charge is 0.478 e. The number of aromatic carboxylic acids is 1. The Bertz CT molecular complexity index is 1260. The fourth-order valence-electron chi connectivity index (χ4n) is 3.55. The van der Waals surface area contributed by atoms with Gasteiger partial charge in [-0.1, -0.05) is 18.2 Å². The molecule has 1 fully saturated rings. The van der Waals surface area contributed by atoms with Crippen LogP contribution in [-0.2, 0) is 19.6 Å². The second-order valence-electron chi connectivity index (χ2n) is 8.74. The first-order valence-electron chi connectivity index (χ1n) is 11.6. The van der Waals surface area contributed by atoms with E-state index in [4.69, 9.17) is 9.90 Å². The lowest BCUT2D eigenvalue weighted by Gasteiger charge is -2.36. The first-order valence-corrected chi connectivity index (χ1v) is 13.1. The number of nitrogens with one attached hydrogen (secondary N) is 2. The highest BCUT2D eigenvalue weighted by Gasteiger charge is 2.38. The molecule has 0 bridgehead atoms. The van der Waals surface area contributed by atoms with Crippen molar-refractivity contribution in [1.29, 1.82) is 0 Å². The van der Waals surface area contributed by atoms with E-state index >= 15 is 0 Å². The summed E-state index contributed by atoms with van der Waals surface area (Å²) in [5, 5.41) is 19.4. The Labute approximate surface area is 223 Å². The van der Waals surface area contributed by atoms with Crippen molar-refractivity contribution in [3.8, 4) is 0 Å². The van der Waals surface area contributed by atoms with Gasteiger partial charge in [0, 0.05) is 32.2 Å². The maximum atomic E-state index is 12.8. The molecule has 0 unspecified atom stereocenters. The van der Waals surface area contributed by atoms with E-state index in [0.717, 1.165) is 0 Å². The van der Waals surface area contributed by atoms with Gasteiger partial charge < -0.3 is 20.4 Å². The number of alkyl halides is 3. The van der Waals surface area contributed by atoms with Crippen molar-refractivity contribution in [1.82, 2.24) is 10.2 Å². The molecule has 2 aromatic rings. The summed E-state index contributed by atoms with van der Waals surface area (Å²) in [6.07, 6.45) is -5.08. The third-order valence-corrected chi connectivity index (χ3v) is 6.70. The van der Waals surface area contributed by atoms with E-state index in [-0.39, 0.29) is 28.1 Å². The van der Waals surface area contributed by atoms with Crippen LogP contribution in [0.5, 0.6) is 0 Å². The summed E-state index contributed by atoms with van der Waals surface area (Å²) in [6, 6.07) is 12.4. The lowest BCUT2D eigenvalue weighted by atomic mass is 10.1. The number of rotatable bonds is 8. The van der Waals surface area contributed by atoms with E-state index in [0.29, 0.717) is 38.4 Å². The van der Waals surface area contributed by atoms with Crippen molar-refractivity contribution < 1.29 is 46.2 Å². The molecule has 0 aliphatic carbocycles. The SMILES string of the molecule is CC(C)NC(=O)CN1CCN(c2ccc(C(=O)O)cc2NS(=O)(=O)c2ccccc2)CC1.O=C(O)C(F)(F)F. The Morgan fingerprint density at radius 1 is 0.974 bits per heavy atom. The van der Waals surface area contributed by atoms with Gasteiger partial charge in [0.1, 0.15) is 0 Å². The average molecular weight is 575 g/mol. The number of benzene rings is 2. The number of halogens is 3. The summed E-state index contributed by atoms with van der Waals surface area (Å²) in [4.78, 5) is 36.5. The number of carbonyl (C=O) groups excluding carboxylic acids is 1. The van der Waals surface area contributed by atoms with Crippen LogP contribution >= 0.6 is 0 Å². The van der Waals surface area contributed by atoms with Crippen LogP contribution in [0.1, 0.15) is 24.2 Å². The molecule has 214 valence electrons. The Kier molecular flexibility index (Phi) is 10.7. The molecule has 39 heavy (non-hydrogen) atoms. The van der Waals surface area contributed by atoms with Gasteiger partial charge in [-0.25, -0.2) is 18.0 Å². The topological polar surface area (TPSA) is 156 Å². The maximum absolute atomic E-state index is 12.8. The molecule has 0 saturated carbocycles. The van der Waals surface area contributed by atoms with Gasteiger partial charge in [-0.15, -0.1) is 0 Å². The van der Waals surface area contributed by atoms with Crippen molar-refractivity contribution in [2.75, 3.05) is 42.3 Å². The third kappa shape index (κ3) is 9.76. The van der Waals surface area contributed by atoms with Crippen molar-refractivity contribution >= 4 is 39.2 Å². The van der Waals surface area contributed by atoms with Gasteiger partial charge in [-0.05, 0) is 44.2 Å². The molecule has 0 spiro atoms. The molecular weight excluding hydrogens is 545 g/mol. The second kappa shape index (κ2) is 13.3. The molecule has 0 radical (unpaired) electrons. The highest BCUT2D eigenvalue weighted by Crippen LogP contribution is 2.30. The molecule has 15 heteroatoms. The number of carboxylic acid groups (broad SMARTS) is 2. The largest absolute Gasteiger partial charge is 0.490 e. The van der Waals surface area contributed by atoms with Crippen LogP contribution in [0.25, 0.3) is 0 Å². The Morgan fingerprint density at radius 2 is 1.54 bits per heavy atom. The number of sulfonamides is 1. The molecule has 1 heterocycles. The van der Waals surface area contributed by atoms with Gasteiger partial charge in [0.05, 0.1) is 28.4 Å². The summed E-state index contributed by atoms with van der Waals surface area (Å²) in [5.74, 6) is -3.93. The molecule has 2 aromatic carbocycles. The Morgan fingerprint density at radius 3 is 2.03 bits per heavy atom. The highest BCUT2D eigenvalue weighted by molar-refractivity contribution is 7.92. The molecule has 1 amide bonds. The van der Waals surface area contributed by atoms with Gasteiger partial charge in [0.15, 0.2) is 0 Å². The lowest BCUT2D eigenvalue weighted by Crippen LogP contribution is -2.50. The van der Waals surface area contributed by atoms with Crippen LogP contribution in [0.4, 0.5) is 24.5 Å². The van der Waals surface area contributed by atoms with Gasteiger partial charge >= 0.3 is 18.1 Å². The van der Waals surface area contributed by atoms with Crippen molar-refractivity contribution in [2.24, 2.45) is 0 Å². The number of aliphatic carboxylic acids is 1. The second-order valence-corrected chi connectivity index (χ2v) is 10.4. The molecule has 1 aliphatic heterocycles. The number of nitrogens with zero attached hydrogens (tertiary/aromatic N) is 2. The van der Waals surface area contributed by atoms with Gasteiger partial charge in [-0.3, -0.25) is 14.4 Å². The standard InChI is InChI=1S/C22H28N4O5S.C2HF3O2/c1-16(2)23-21(27)15-25-10-12-26(13-11-25)20-9-8-17(22(28)29)14-19(20)24-32(30,31)18-6-4-3-5-7-18;3-2(4,5)1(6)7/h3-9,14,16,24H,10-13,15H2,1-2H3,(H,23,27)(H,28,29);(H,6,7). The fraction of sp³-hybridized carbons (Fsp3) is 0.375. The van der Waals surface area contributed by atoms with E-state index in [2.05, 4.69) is 10.0 Å². The van der Waals surface area contributed by atoms with E-state index in [9.17, 15) is 36.3 Å². The van der Waals surface area contributed by atoms with E-state index in [1.807, 2.05) is 23.6 Å². The number of piperazine rings is 1. The predicted octanol–water partition coefficient (Wildman–Crippen LogP) is 2.47. The Hall–Kier alpha value is -3.85. The van der Waals surface area contributed by atoms with Crippen LogP contribution < -0.4 is 14.9 Å². The van der Waals surface area contributed by atoms with Crippen LogP contribution in [0.2, 0.25) is 0 Å². The normalized spacial score (nSPS) is 14.3. The summed E-state index contributed by atoms with van der Waals surface area (Å²) in [7, 11) is -3.89. The zero-order chi connectivity index (χ0) is 29.4. The van der Waals surface area contributed by atoms with Crippen LogP contribution in [0.15, 0.2) is 53.4 Å². The number of carbonyl (C=O) groups is 3. The summed E-state index contributed by atoms with van der Waals surface area (Å²) in [5.41, 5.74) is 0.795. The number of amides is 1. The van der Waals surface area contributed by atoms with Crippen LogP contribution in [0, 0.1) is 0 Å². The summed E-state index contributed by atoms with van der Waals surface area (Å²) in [6.45, 7) is 6.51. The minimum atomic E-state index is -5.08. The zero-order valence-corrected chi connectivity index (χ0v) is 21.9. The van der Waals surface area contributed by atoms with E-state index in [1.54, 1.807) is 24.3 Å². The number of anilines is 2. The third-order valence-electron chi connectivity index (χ3n) is 5.31. The molecule has 0 aromatic heterocycles. The fourth-order valence-corrected chi connectivity index (χ4v) is 4.63. The first-order chi connectivity index (χ1) is 18.1.